The van der Waals surface area contributed by atoms with Gasteiger partial charge in [-0.1, -0.05) is 41.9 Å². The van der Waals surface area contributed by atoms with Crippen LogP contribution in [0.3, 0.4) is 0 Å². The first-order valence-electron chi connectivity index (χ1n) is 9.44. The van der Waals surface area contributed by atoms with E-state index in [1.54, 1.807) is 41.5 Å². The Balaban J connectivity index is 1.58. The molecule has 0 N–H and O–H groups in total. The maximum atomic E-state index is 13.5. The molecule has 30 heavy (non-hydrogen) atoms. The molecule has 5 rings (SSSR count). The van der Waals surface area contributed by atoms with Gasteiger partial charge in [0.15, 0.2) is 6.10 Å². The molecule has 3 atom stereocenters. The summed E-state index contributed by atoms with van der Waals surface area (Å²) in [5.74, 6) is -1.94. The quantitative estimate of drug-likeness (QED) is 0.582. The number of fused-ring (bicyclic) bond motifs is 1. The van der Waals surface area contributed by atoms with Crippen LogP contribution in [0.2, 0.25) is 5.02 Å². The van der Waals surface area contributed by atoms with Crippen molar-refractivity contribution in [1.29, 1.82) is 0 Å². The third-order valence-corrected chi connectivity index (χ3v) is 5.67. The van der Waals surface area contributed by atoms with Gasteiger partial charge in [-0.3, -0.25) is 14.4 Å². The predicted octanol–water partition coefficient (Wildman–Crippen LogP) is 4.53. The number of hydrogen-bond donors (Lipinski definition) is 0. The molecule has 150 valence electrons. The first kappa shape index (κ1) is 18.8. The molecule has 0 saturated carbocycles. The first-order valence-corrected chi connectivity index (χ1v) is 9.82. The fourth-order valence-electron chi connectivity index (χ4n) is 4.06. The van der Waals surface area contributed by atoms with Crippen molar-refractivity contribution in [3.8, 4) is 0 Å². The van der Waals surface area contributed by atoms with Gasteiger partial charge in [0.2, 0.25) is 5.91 Å². The number of hydrogen-bond acceptors (Lipinski definition) is 4. The van der Waals surface area contributed by atoms with Gasteiger partial charge in [0.05, 0.1) is 17.4 Å². The fraction of sp³-hybridized carbons (Fsp3) is 0.130. The Morgan fingerprint density at radius 1 is 0.800 bits per heavy atom. The molecular weight excluding hydrogens is 407 g/mol. The number of amides is 2. The van der Waals surface area contributed by atoms with Crippen LogP contribution in [0, 0.1) is 11.7 Å². The zero-order valence-corrected chi connectivity index (χ0v) is 16.4. The minimum Gasteiger partial charge on any atom is -0.273 e. The number of halogens is 2. The zero-order valence-electron chi connectivity index (χ0n) is 15.6. The van der Waals surface area contributed by atoms with Crippen molar-refractivity contribution in [3.05, 3.63) is 95.3 Å². The van der Waals surface area contributed by atoms with Crippen molar-refractivity contribution in [2.24, 2.45) is 5.92 Å². The molecule has 2 aliphatic heterocycles. The van der Waals surface area contributed by atoms with Gasteiger partial charge in [-0.2, -0.15) is 0 Å². The van der Waals surface area contributed by atoms with Gasteiger partial charge >= 0.3 is 0 Å². The van der Waals surface area contributed by atoms with Gasteiger partial charge in [-0.25, -0.2) is 14.4 Å². The summed E-state index contributed by atoms with van der Waals surface area (Å²) < 4.78 is 13.5. The normalized spacial score (nSPS) is 23.2. The second kappa shape index (κ2) is 7.23. The first-order chi connectivity index (χ1) is 14.5. The summed E-state index contributed by atoms with van der Waals surface area (Å²) in [5.41, 5.74) is 1.84. The molecule has 2 fully saturated rings. The molecule has 5 nitrogen and oxygen atoms in total. The highest BCUT2D eigenvalue weighted by atomic mass is 35.5. The zero-order chi connectivity index (χ0) is 20.8. The molecular formula is C23H16ClFN2O3. The standard InChI is InChI=1S/C23H16ClFN2O3/c24-15-8-12-17(13-9-15)26-22(28)19-20(14-6-10-16(25)11-7-14)27(30-21(19)23(26)29)18-4-2-1-3-5-18/h1-13,19-21H/t19-,20+,21-/m1/s1. The number of imide groups is 1. The number of carbonyl (C=O) groups is 2. The fourth-order valence-corrected chi connectivity index (χ4v) is 4.18. The number of nitrogens with zero attached hydrogens (tertiary/aromatic N) is 2. The number of rotatable bonds is 3. The predicted molar refractivity (Wildman–Crippen MR) is 110 cm³/mol. The second-order valence-electron chi connectivity index (χ2n) is 7.20. The van der Waals surface area contributed by atoms with Gasteiger partial charge in [-0.05, 0) is 54.1 Å². The Labute approximate surface area is 177 Å². The van der Waals surface area contributed by atoms with E-state index >= 15 is 0 Å². The summed E-state index contributed by atoms with van der Waals surface area (Å²) in [5, 5.41) is 2.09. The average Bonchev–Trinajstić information content (AvgIpc) is 3.27. The summed E-state index contributed by atoms with van der Waals surface area (Å²) in [7, 11) is 0. The monoisotopic (exact) mass is 422 g/mol. The molecule has 0 bridgehead atoms. The Morgan fingerprint density at radius 2 is 1.47 bits per heavy atom. The highest BCUT2D eigenvalue weighted by molar-refractivity contribution is 6.31. The molecule has 0 radical (unpaired) electrons. The van der Waals surface area contributed by atoms with Crippen LogP contribution in [0.15, 0.2) is 78.9 Å². The van der Waals surface area contributed by atoms with Crippen molar-refractivity contribution in [3.63, 3.8) is 0 Å². The average molecular weight is 423 g/mol. The molecule has 0 aliphatic carbocycles. The molecule has 0 spiro atoms. The van der Waals surface area contributed by atoms with Crippen LogP contribution in [0.25, 0.3) is 0 Å². The largest absolute Gasteiger partial charge is 0.273 e. The van der Waals surface area contributed by atoms with E-state index in [1.165, 1.54) is 12.1 Å². The SMILES string of the molecule is O=C1[C@H]2[C@@H](ON(c3ccccc3)[C@H]2c2ccc(F)cc2)C(=O)N1c1ccc(Cl)cc1. The number of para-hydroxylation sites is 1. The lowest BCUT2D eigenvalue weighted by atomic mass is 9.90. The smallest absolute Gasteiger partial charge is 0.266 e. The Morgan fingerprint density at radius 3 is 2.13 bits per heavy atom. The lowest BCUT2D eigenvalue weighted by molar-refractivity contribution is -0.126. The van der Waals surface area contributed by atoms with Crippen molar-refractivity contribution < 1.29 is 18.8 Å². The minimum atomic E-state index is -0.969. The van der Waals surface area contributed by atoms with Crippen LogP contribution in [0.4, 0.5) is 15.8 Å². The van der Waals surface area contributed by atoms with Crippen molar-refractivity contribution in [2.45, 2.75) is 12.1 Å². The van der Waals surface area contributed by atoms with Crippen LogP contribution in [-0.4, -0.2) is 17.9 Å². The van der Waals surface area contributed by atoms with Crippen molar-refractivity contribution in [2.75, 3.05) is 9.96 Å². The molecule has 3 aromatic rings. The molecule has 2 amide bonds. The molecule has 0 unspecified atom stereocenters. The van der Waals surface area contributed by atoms with E-state index in [4.69, 9.17) is 16.4 Å². The van der Waals surface area contributed by atoms with Gasteiger partial charge in [0.1, 0.15) is 11.7 Å². The minimum absolute atomic E-state index is 0.361. The van der Waals surface area contributed by atoms with Crippen LogP contribution in [-0.2, 0) is 14.4 Å². The summed E-state index contributed by atoms with van der Waals surface area (Å²) >= 11 is 5.94. The maximum Gasteiger partial charge on any atom is 0.266 e. The summed E-state index contributed by atoms with van der Waals surface area (Å²) in [6, 6.07) is 21.1. The highest BCUT2D eigenvalue weighted by Gasteiger charge is 2.60. The molecule has 2 aliphatic rings. The molecule has 0 aromatic heterocycles. The van der Waals surface area contributed by atoms with E-state index in [9.17, 15) is 14.0 Å². The van der Waals surface area contributed by atoms with Crippen molar-refractivity contribution in [1.82, 2.24) is 0 Å². The Hall–Kier alpha value is -3.22. The Kier molecular flexibility index (Phi) is 4.53. The summed E-state index contributed by atoms with van der Waals surface area (Å²) in [6.45, 7) is 0. The summed E-state index contributed by atoms with van der Waals surface area (Å²) in [6.07, 6.45) is -0.969. The lowest BCUT2D eigenvalue weighted by Crippen LogP contribution is -2.37. The highest BCUT2D eigenvalue weighted by Crippen LogP contribution is 2.47. The lowest BCUT2D eigenvalue weighted by Gasteiger charge is -2.28. The number of hydroxylamine groups is 1. The number of anilines is 2. The molecule has 2 heterocycles. The van der Waals surface area contributed by atoms with Crippen LogP contribution in [0.5, 0.6) is 0 Å². The topological polar surface area (TPSA) is 49.9 Å². The van der Waals surface area contributed by atoms with Crippen molar-refractivity contribution >= 4 is 34.8 Å². The van der Waals surface area contributed by atoms with Crippen LogP contribution >= 0.6 is 11.6 Å². The molecule has 7 heteroatoms. The van der Waals surface area contributed by atoms with E-state index < -0.39 is 24.0 Å². The molecule has 2 saturated heterocycles. The van der Waals surface area contributed by atoms with Crippen LogP contribution < -0.4 is 9.96 Å². The number of benzene rings is 3. The summed E-state index contributed by atoms with van der Waals surface area (Å²) in [4.78, 5) is 33.7. The van der Waals surface area contributed by atoms with Crippen LogP contribution in [0.1, 0.15) is 11.6 Å². The number of carbonyl (C=O) groups excluding carboxylic acids is 2. The van der Waals surface area contributed by atoms with E-state index in [2.05, 4.69) is 0 Å². The Bertz CT molecular complexity index is 1110. The second-order valence-corrected chi connectivity index (χ2v) is 7.63. The van der Waals surface area contributed by atoms with E-state index in [0.717, 1.165) is 4.90 Å². The van der Waals surface area contributed by atoms with E-state index in [0.29, 0.717) is 22.0 Å². The van der Waals surface area contributed by atoms with Gasteiger partial charge in [0.25, 0.3) is 5.91 Å². The third-order valence-electron chi connectivity index (χ3n) is 5.42. The maximum absolute atomic E-state index is 13.5. The van der Waals surface area contributed by atoms with E-state index in [1.807, 2.05) is 30.3 Å². The van der Waals surface area contributed by atoms with Gasteiger partial charge in [-0.15, -0.1) is 0 Å². The third kappa shape index (κ3) is 2.96. The van der Waals surface area contributed by atoms with Gasteiger partial charge < -0.3 is 0 Å². The van der Waals surface area contributed by atoms with E-state index in [-0.39, 0.29) is 11.7 Å². The van der Waals surface area contributed by atoms with Gasteiger partial charge in [0, 0.05) is 5.02 Å². The molecule has 3 aromatic carbocycles.